The Labute approximate surface area is 159 Å². The van der Waals surface area contributed by atoms with Gasteiger partial charge in [-0.25, -0.2) is 4.21 Å². The fourth-order valence-corrected chi connectivity index (χ4v) is 5.62. The molecule has 1 atom stereocenters. The molecular weight excluding hydrogens is 350 g/mol. The smallest absolute Gasteiger partial charge is 0.0863 e. The molecule has 2 nitrogen and oxygen atoms in total. The van der Waals surface area contributed by atoms with Crippen molar-refractivity contribution in [2.45, 2.75) is 9.79 Å². The molecule has 1 aliphatic rings. The second kappa shape index (κ2) is 5.41. The summed E-state index contributed by atoms with van der Waals surface area (Å²) >= 11 is 0. The minimum Gasteiger partial charge on any atom is -0.309 e. The number of fused-ring (bicyclic) bond motifs is 6. The summed E-state index contributed by atoms with van der Waals surface area (Å²) in [6, 6.07) is 31.2. The molecule has 27 heavy (non-hydrogen) atoms. The number of para-hydroxylation sites is 2. The van der Waals surface area contributed by atoms with Crippen molar-refractivity contribution in [2.75, 3.05) is 0 Å². The van der Waals surface area contributed by atoms with E-state index in [1.807, 2.05) is 18.2 Å². The average molecular weight is 365 g/mol. The second-order valence-corrected chi connectivity index (χ2v) is 8.23. The van der Waals surface area contributed by atoms with Gasteiger partial charge in [0.25, 0.3) is 0 Å². The standard InChI is InChI=1S/C24H15NOS/c26-27-23-12-6-3-9-19(23)20-14-13-16(15-24(20)27)25-21-10-4-1-7-17(21)18-8-2-5-11-22(18)25/h1-15H. The number of nitrogens with zero attached hydrogens (tertiary/aromatic N) is 1. The number of hydrogen-bond acceptors (Lipinski definition) is 1. The van der Waals surface area contributed by atoms with Gasteiger partial charge < -0.3 is 4.57 Å². The van der Waals surface area contributed by atoms with Gasteiger partial charge in [-0.1, -0.05) is 60.7 Å². The summed E-state index contributed by atoms with van der Waals surface area (Å²) in [5.41, 5.74) is 5.54. The maximum absolute atomic E-state index is 13.0. The van der Waals surface area contributed by atoms with E-state index in [1.54, 1.807) is 0 Å². The Kier molecular flexibility index (Phi) is 3.00. The molecule has 6 rings (SSSR count). The van der Waals surface area contributed by atoms with Gasteiger partial charge in [-0.15, -0.1) is 0 Å². The van der Waals surface area contributed by atoms with Gasteiger partial charge in [-0.3, -0.25) is 0 Å². The molecule has 0 radical (unpaired) electrons. The van der Waals surface area contributed by atoms with Crippen molar-refractivity contribution in [1.29, 1.82) is 0 Å². The predicted molar refractivity (Wildman–Crippen MR) is 111 cm³/mol. The molecule has 3 heteroatoms. The minimum absolute atomic E-state index is 0.899. The van der Waals surface area contributed by atoms with Gasteiger partial charge in [0.1, 0.15) is 0 Å². The maximum atomic E-state index is 13.0. The molecule has 1 aliphatic heterocycles. The third kappa shape index (κ3) is 1.97. The van der Waals surface area contributed by atoms with E-state index in [-0.39, 0.29) is 0 Å². The molecule has 0 fully saturated rings. The van der Waals surface area contributed by atoms with Gasteiger partial charge >= 0.3 is 0 Å². The SMILES string of the molecule is O=S1c2ccccc2-c2ccc(-n3c4ccccc4c4ccccc43)cc21. The van der Waals surface area contributed by atoms with Gasteiger partial charge in [0.2, 0.25) is 0 Å². The fourth-order valence-electron chi connectivity index (χ4n) is 4.20. The third-order valence-corrected chi connectivity index (χ3v) is 6.87. The number of benzene rings is 4. The lowest BCUT2D eigenvalue weighted by Gasteiger charge is -2.09. The average Bonchev–Trinajstić information content (AvgIpc) is 3.21. The van der Waals surface area contributed by atoms with Crippen LogP contribution in [0.25, 0.3) is 38.6 Å². The first-order valence-electron chi connectivity index (χ1n) is 8.97. The Morgan fingerprint density at radius 3 is 1.93 bits per heavy atom. The van der Waals surface area contributed by atoms with Crippen molar-refractivity contribution in [3.05, 3.63) is 91.0 Å². The molecular formula is C24H15NOS. The largest absolute Gasteiger partial charge is 0.309 e. The first-order valence-corrected chi connectivity index (χ1v) is 10.1. The Balaban J connectivity index is 1.67. The maximum Gasteiger partial charge on any atom is 0.0863 e. The zero-order valence-corrected chi connectivity index (χ0v) is 15.2. The van der Waals surface area contributed by atoms with Crippen LogP contribution in [0.2, 0.25) is 0 Å². The Hall–Kier alpha value is -3.17. The topological polar surface area (TPSA) is 22.0 Å². The summed E-state index contributed by atoms with van der Waals surface area (Å²) < 4.78 is 15.3. The molecule has 0 saturated heterocycles. The van der Waals surface area contributed by atoms with Crippen molar-refractivity contribution in [3.63, 3.8) is 0 Å². The Morgan fingerprint density at radius 1 is 0.593 bits per heavy atom. The van der Waals surface area contributed by atoms with E-state index in [1.165, 1.54) is 21.8 Å². The van der Waals surface area contributed by atoms with Crippen LogP contribution in [-0.2, 0) is 10.8 Å². The summed E-state index contributed by atoms with van der Waals surface area (Å²) in [6.45, 7) is 0. The van der Waals surface area contributed by atoms with Gasteiger partial charge in [0.15, 0.2) is 0 Å². The summed E-state index contributed by atoms with van der Waals surface area (Å²) in [6.07, 6.45) is 0. The van der Waals surface area contributed by atoms with Gasteiger partial charge in [-0.05, 0) is 41.5 Å². The van der Waals surface area contributed by atoms with Crippen LogP contribution in [0.15, 0.2) is 101 Å². The van der Waals surface area contributed by atoms with Crippen LogP contribution >= 0.6 is 0 Å². The lowest BCUT2D eigenvalue weighted by Crippen LogP contribution is -1.95. The summed E-state index contributed by atoms with van der Waals surface area (Å²) in [4.78, 5) is 1.81. The van der Waals surface area contributed by atoms with Crippen LogP contribution in [0, 0.1) is 0 Å². The lowest BCUT2D eigenvalue weighted by atomic mass is 10.1. The highest BCUT2D eigenvalue weighted by molar-refractivity contribution is 7.85. The molecule has 4 aromatic carbocycles. The van der Waals surface area contributed by atoms with Crippen LogP contribution in [0.5, 0.6) is 0 Å². The van der Waals surface area contributed by atoms with E-state index in [2.05, 4.69) is 77.4 Å². The van der Waals surface area contributed by atoms with Crippen LogP contribution in [-0.4, -0.2) is 8.78 Å². The van der Waals surface area contributed by atoms with Crippen LogP contribution in [0.3, 0.4) is 0 Å². The zero-order chi connectivity index (χ0) is 18.0. The normalized spacial score (nSPS) is 15.2. The van der Waals surface area contributed by atoms with E-state index in [4.69, 9.17) is 0 Å². The molecule has 2 heterocycles. The first kappa shape index (κ1) is 14.9. The van der Waals surface area contributed by atoms with E-state index < -0.39 is 10.8 Å². The van der Waals surface area contributed by atoms with Gasteiger partial charge in [0, 0.05) is 16.5 Å². The summed E-state index contributed by atoms with van der Waals surface area (Å²) in [5.74, 6) is 0. The highest BCUT2D eigenvalue weighted by atomic mass is 32.2. The molecule has 1 aromatic heterocycles. The van der Waals surface area contributed by atoms with Crippen molar-refractivity contribution in [2.24, 2.45) is 0 Å². The molecule has 0 bridgehead atoms. The zero-order valence-electron chi connectivity index (χ0n) is 14.4. The highest BCUT2D eigenvalue weighted by Gasteiger charge is 2.26. The van der Waals surface area contributed by atoms with Crippen LogP contribution in [0.1, 0.15) is 0 Å². The molecule has 0 saturated carbocycles. The fraction of sp³-hybridized carbons (Fsp3) is 0. The lowest BCUT2D eigenvalue weighted by molar-refractivity contribution is 0.685. The molecule has 128 valence electrons. The van der Waals surface area contributed by atoms with Crippen LogP contribution in [0.4, 0.5) is 0 Å². The Morgan fingerprint density at radius 2 is 1.19 bits per heavy atom. The van der Waals surface area contributed by atoms with Crippen molar-refractivity contribution < 1.29 is 4.21 Å². The van der Waals surface area contributed by atoms with E-state index in [0.717, 1.165) is 26.6 Å². The van der Waals surface area contributed by atoms with Crippen molar-refractivity contribution in [3.8, 4) is 16.8 Å². The van der Waals surface area contributed by atoms with E-state index >= 15 is 0 Å². The minimum atomic E-state index is -1.13. The third-order valence-electron chi connectivity index (χ3n) is 5.38. The number of aromatic nitrogens is 1. The number of hydrogen-bond donors (Lipinski definition) is 0. The predicted octanol–water partition coefficient (Wildman–Crippen LogP) is 5.93. The summed E-state index contributed by atoms with van der Waals surface area (Å²) in [5, 5.41) is 2.47. The van der Waals surface area contributed by atoms with Gasteiger partial charge in [0.05, 0.1) is 31.6 Å². The molecule has 0 aliphatic carbocycles. The van der Waals surface area contributed by atoms with Crippen molar-refractivity contribution >= 4 is 32.6 Å². The number of rotatable bonds is 1. The first-order chi connectivity index (χ1) is 13.3. The van der Waals surface area contributed by atoms with Gasteiger partial charge in [-0.2, -0.15) is 0 Å². The Bertz CT molecular complexity index is 1340. The molecule has 0 N–H and O–H groups in total. The second-order valence-electron chi connectivity index (χ2n) is 6.82. The van der Waals surface area contributed by atoms with Crippen LogP contribution < -0.4 is 0 Å². The molecule has 5 aromatic rings. The molecule has 1 unspecified atom stereocenters. The van der Waals surface area contributed by atoms with Crippen molar-refractivity contribution in [1.82, 2.24) is 4.57 Å². The van der Waals surface area contributed by atoms with E-state index in [9.17, 15) is 4.21 Å². The monoisotopic (exact) mass is 365 g/mol. The molecule has 0 amide bonds. The summed E-state index contributed by atoms with van der Waals surface area (Å²) in [7, 11) is -1.13. The quantitative estimate of drug-likeness (QED) is 0.354. The highest BCUT2D eigenvalue weighted by Crippen LogP contribution is 2.42. The van der Waals surface area contributed by atoms with E-state index in [0.29, 0.717) is 0 Å². The molecule has 0 spiro atoms.